The van der Waals surface area contributed by atoms with Crippen molar-refractivity contribution in [2.24, 2.45) is 4.99 Å². The molecule has 0 aliphatic carbocycles. The number of benzene rings is 3. The number of nitrogens with one attached hydrogen (secondary N) is 1. The predicted octanol–water partition coefficient (Wildman–Crippen LogP) is 5.89. The largest absolute Gasteiger partial charge is 0.277 e. The molecule has 150 valence electrons. The Morgan fingerprint density at radius 1 is 0.871 bits per heavy atom. The van der Waals surface area contributed by atoms with E-state index in [0.29, 0.717) is 10.1 Å². The molecule has 0 saturated carbocycles. The highest BCUT2D eigenvalue weighted by Gasteiger charge is 2.35. The summed E-state index contributed by atoms with van der Waals surface area (Å²) in [4.78, 5) is 20.4. The highest BCUT2D eigenvalue weighted by atomic mass is 32.2. The first-order valence-electron chi connectivity index (χ1n) is 9.81. The summed E-state index contributed by atoms with van der Waals surface area (Å²) in [5.74, 6) is -0.105. The number of hydrogen-bond donors (Lipinski definition) is 1. The maximum absolute atomic E-state index is 13.4. The van der Waals surface area contributed by atoms with Crippen molar-refractivity contribution in [3.05, 3.63) is 108 Å². The van der Waals surface area contributed by atoms with Gasteiger partial charge in [0.05, 0.1) is 28.2 Å². The number of aliphatic imine (C=N–C) groups is 1. The fraction of sp³-hybridized carbons (Fsp3) is 0. The van der Waals surface area contributed by atoms with Crippen molar-refractivity contribution in [3.63, 3.8) is 0 Å². The minimum Gasteiger partial charge on any atom is -0.277 e. The minimum absolute atomic E-state index is 0.105. The van der Waals surface area contributed by atoms with Crippen molar-refractivity contribution in [3.8, 4) is 11.3 Å². The molecule has 0 bridgehead atoms. The number of aromatic nitrogens is 2. The Bertz CT molecular complexity index is 1260. The molecule has 1 aliphatic heterocycles. The molecule has 0 spiro atoms. The topological polar surface area (TPSA) is 61.4 Å². The van der Waals surface area contributed by atoms with Crippen LogP contribution < -0.4 is 4.90 Å². The number of H-pyrrole nitrogens is 1. The molecule has 1 aromatic heterocycles. The van der Waals surface area contributed by atoms with E-state index in [2.05, 4.69) is 10.2 Å². The lowest BCUT2D eigenvalue weighted by Gasteiger charge is -2.15. The molecule has 31 heavy (non-hydrogen) atoms. The molecule has 3 aromatic carbocycles. The fourth-order valence-corrected chi connectivity index (χ4v) is 4.34. The molecule has 1 N–H and O–H groups in total. The van der Waals surface area contributed by atoms with E-state index in [-0.39, 0.29) is 5.91 Å². The lowest BCUT2D eigenvalue weighted by Crippen LogP contribution is -2.28. The van der Waals surface area contributed by atoms with Crippen LogP contribution in [0.5, 0.6) is 0 Å². The molecule has 1 fully saturated rings. The number of para-hydroxylation sites is 2. The van der Waals surface area contributed by atoms with Gasteiger partial charge in [-0.05, 0) is 42.1 Å². The van der Waals surface area contributed by atoms with Gasteiger partial charge in [-0.2, -0.15) is 5.10 Å². The first kappa shape index (κ1) is 19.1. The molecular weight excluding hydrogens is 404 g/mol. The number of anilines is 1. The second-order valence-electron chi connectivity index (χ2n) is 6.88. The number of carbonyl (C=O) groups is 1. The molecule has 2 heterocycles. The van der Waals surface area contributed by atoms with Crippen LogP contribution in [0.25, 0.3) is 17.3 Å². The van der Waals surface area contributed by atoms with Gasteiger partial charge in [-0.15, -0.1) is 0 Å². The van der Waals surface area contributed by atoms with Gasteiger partial charge in [0.25, 0.3) is 5.91 Å². The van der Waals surface area contributed by atoms with Gasteiger partial charge >= 0.3 is 0 Å². The van der Waals surface area contributed by atoms with Gasteiger partial charge < -0.3 is 0 Å². The van der Waals surface area contributed by atoms with E-state index in [1.54, 1.807) is 11.1 Å². The molecule has 1 amide bonds. The standard InChI is InChI=1S/C25H18N4OS/c30-24-22(16-19-17-26-28-23(19)18-10-4-1-5-11-18)31-25(27-20-12-6-2-7-13-20)29(24)21-14-8-3-9-15-21/h1-17H,(H,26,28)/b22-16+,27-25?. The van der Waals surface area contributed by atoms with Crippen LogP contribution in [-0.4, -0.2) is 21.3 Å². The summed E-state index contributed by atoms with van der Waals surface area (Å²) >= 11 is 1.36. The van der Waals surface area contributed by atoms with E-state index in [4.69, 9.17) is 4.99 Å². The average molecular weight is 423 g/mol. The summed E-state index contributed by atoms with van der Waals surface area (Å²) in [5, 5.41) is 7.86. The van der Waals surface area contributed by atoms with Crippen LogP contribution >= 0.6 is 11.8 Å². The SMILES string of the molecule is O=C1/C(=C\c2cn[nH]c2-c2ccccc2)SC(=Nc2ccccc2)N1c1ccccc1. The molecular formula is C25H18N4OS. The van der Waals surface area contributed by atoms with Gasteiger partial charge in [-0.25, -0.2) is 4.99 Å². The molecule has 1 aliphatic rings. The van der Waals surface area contributed by atoms with Gasteiger partial charge in [0.2, 0.25) is 0 Å². The number of thioether (sulfide) groups is 1. The zero-order chi connectivity index (χ0) is 21.0. The Morgan fingerprint density at radius 3 is 2.23 bits per heavy atom. The zero-order valence-electron chi connectivity index (χ0n) is 16.5. The Hall–Kier alpha value is -3.90. The third-order valence-corrected chi connectivity index (χ3v) is 5.79. The molecule has 0 atom stereocenters. The van der Waals surface area contributed by atoms with Crippen molar-refractivity contribution in [1.82, 2.24) is 10.2 Å². The first-order valence-corrected chi connectivity index (χ1v) is 10.6. The van der Waals surface area contributed by atoms with Gasteiger partial charge in [-0.1, -0.05) is 66.7 Å². The zero-order valence-corrected chi connectivity index (χ0v) is 17.3. The van der Waals surface area contributed by atoms with Gasteiger partial charge in [-0.3, -0.25) is 14.8 Å². The Balaban J connectivity index is 1.57. The first-order chi connectivity index (χ1) is 15.3. The van der Waals surface area contributed by atoms with E-state index < -0.39 is 0 Å². The summed E-state index contributed by atoms with van der Waals surface area (Å²) in [6.45, 7) is 0. The maximum Gasteiger partial charge on any atom is 0.271 e. The molecule has 6 heteroatoms. The average Bonchev–Trinajstić information content (AvgIpc) is 3.40. The molecule has 5 nitrogen and oxygen atoms in total. The van der Waals surface area contributed by atoms with Gasteiger partial charge in [0.1, 0.15) is 0 Å². The van der Waals surface area contributed by atoms with E-state index in [0.717, 1.165) is 28.2 Å². The highest BCUT2D eigenvalue weighted by molar-refractivity contribution is 8.19. The van der Waals surface area contributed by atoms with Crippen LogP contribution in [0.4, 0.5) is 11.4 Å². The Morgan fingerprint density at radius 2 is 1.52 bits per heavy atom. The smallest absolute Gasteiger partial charge is 0.271 e. The monoisotopic (exact) mass is 422 g/mol. The van der Waals surface area contributed by atoms with Crippen LogP contribution in [0.2, 0.25) is 0 Å². The summed E-state index contributed by atoms with van der Waals surface area (Å²) in [7, 11) is 0. The third kappa shape index (κ3) is 3.93. The minimum atomic E-state index is -0.105. The van der Waals surface area contributed by atoms with Crippen molar-refractivity contribution >= 4 is 40.3 Å². The Labute approximate surface area is 184 Å². The molecule has 0 unspecified atom stereocenters. The van der Waals surface area contributed by atoms with Crippen molar-refractivity contribution < 1.29 is 4.79 Å². The summed E-state index contributed by atoms with van der Waals surface area (Å²) < 4.78 is 0. The van der Waals surface area contributed by atoms with Crippen LogP contribution in [0.3, 0.4) is 0 Å². The third-order valence-electron chi connectivity index (χ3n) is 4.82. The van der Waals surface area contributed by atoms with Crippen molar-refractivity contribution in [2.45, 2.75) is 0 Å². The van der Waals surface area contributed by atoms with Crippen LogP contribution in [0.1, 0.15) is 5.56 Å². The normalized spacial score (nSPS) is 16.4. The maximum atomic E-state index is 13.4. The fourth-order valence-electron chi connectivity index (χ4n) is 3.35. The lowest BCUT2D eigenvalue weighted by atomic mass is 10.1. The van der Waals surface area contributed by atoms with Crippen LogP contribution in [0, 0.1) is 0 Å². The van der Waals surface area contributed by atoms with Crippen molar-refractivity contribution in [2.75, 3.05) is 4.90 Å². The second kappa shape index (κ2) is 8.45. The van der Waals surface area contributed by atoms with E-state index in [1.165, 1.54) is 11.8 Å². The van der Waals surface area contributed by atoms with E-state index >= 15 is 0 Å². The van der Waals surface area contributed by atoms with Crippen molar-refractivity contribution in [1.29, 1.82) is 0 Å². The van der Waals surface area contributed by atoms with Gasteiger partial charge in [0.15, 0.2) is 5.17 Å². The summed E-state index contributed by atoms with van der Waals surface area (Å²) in [6, 6.07) is 29.2. The Kier molecular flexibility index (Phi) is 5.21. The number of carbonyl (C=O) groups excluding carboxylic acids is 1. The van der Waals surface area contributed by atoms with E-state index in [9.17, 15) is 4.79 Å². The number of nitrogens with zero attached hydrogens (tertiary/aromatic N) is 3. The lowest BCUT2D eigenvalue weighted by molar-refractivity contribution is -0.113. The predicted molar refractivity (Wildman–Crippen MR) is 127 cm³/mol. The van der Waals surface area contributed by atoms with Gasteiger partial charge in [0, 0.05) is 11.1 Å². The number of amidine groups is 1. The number of amides is 1. The molecule has 4 aromatic rings. The summed E-state index contributed by atoms with van der Waals surface area (Å²) in [5.41, 5.74) is 4.33. The number of rotatable bonds is 4. The number of hydrogen-bond acceptors (Lipinski definition) is 4. The van der Waals surface area contributed by atoms with E-state index in [1.807, 2.05) is 97.1 Å². The second-order valence-corrected chi connectivity index (χ2v) is 7.89. The highest BCUT2D eigenvalue weighted by Crippen LogP contribution is 2.38. The van der Waals surface area contributed by atoms with Crippen LogP contribution in [-0.2, 0) is 4.79 Å². The molecule has 0 radical (unpaired) electrons. The van der Waals surface area contributed by atoms with Crippen LogP contribution in [0.15, 0.2) is 107 Å². The molecule has 1 saturated heterocycles. The number of aromatic amines is 1. The summed E-state index contributed by atoms with van der Waals surface area (Å²) in [6.07, 6.45) is 3.62. The molecule has 5 rings (SSSR count). The quantitative estimate of drug-likeness (QED) is 0.418.